The third kappa shape index (κ3) is 3.70. The van der Waals surface area contributed by atoms with Crippen molar-refractivity contribution in [3.05, 3.63) is 71.2 Å². The number of ether oxygens (including phenoxy) is 1. The van der Waals surface area contributed by atoms with E-state index in [0.717, 1.165) is 31.5 Å². The largest absolute Gasteiger partial charge is 0.496 e. The van der Waals surface area contributed by atoms with Crippen molar-refractivity contribution in [3.8, 4) is 5.75 Å². The quantitative estimate of drug-likeness (QED) is 0.706. The van der Waals surface area contributed by atoms with E-state index in [4.69, 9.17) is 4.74 Å². The van der Waals surface area contributed by atoms with Gasteiger partial charge in [0.15, 0.2) is 0 Å². The first-order valence-corrected chi connectivity index (χ1v) is 10.2. The van der Waals surface area contributed by atoms with Crippen LogP contribution in [0.25, 0.3) is 5.57 Å². The number of piperidine rings is 1. The van der Waals surface area contributed by atoms with Crippen LogP contribution in [-0.2, 0) is 16.1 Å². The second-order valence-corrected chi connectivity index (χ2v) is 7.91. The maximum absolute atomic E-state index is 13.5. The van der Waals surface area contributed by atoms with Crippen LogP contribution in [0.1, 0.15) is 30.9 Å². The molecule has 0 aliphatic carbocycles. The van der Waals surface area contributed by atoms with Gasteiger partial charge in [-0.05, 0) is 42.5 Å². The average Bonchev–Trinajstić information content (AvgIpc) is 3.00. The second kappa shape index (κ2) is 8.30. The molecular formula is C24H25FN2O3. The third-order valence-corrected chi connectivity index (χ3v) is 5.90. The Morgan fingerprint density at radius 3 is 2.33 bits per heavy atom. The van der Waals surface area contributed by atoms with Crippen LogP contribution in [0.2, 0.25) is 0 Å². The minimum atomic E-state index is -0.379. The normalized spacial score (nSPS) is 17.8. The molecule has 0 radical (unpaired) electrons. The number of nitrogens with zero attached hydrogens (tertiary/aromatic N) is 2. The average molecular weight is 408 g/mol. The van der Waals surface area contributed by atoms with Crippen molar-refractivity contribution < 1.29 is 18.7 Å². The van der Waals surface area contributed by atoms with Gasteiger partial charge in [-0.2, -0.15) is 0 Å². The van der Waals surface area contributed by atoms with Gasteiger partial charge in [0.1, 0.15) is 17.3 Å². The molecule has 0 N–H and O–H groups in total. The van der Waals surface area contributed by atoms with Crippen LogP contribution in [-0.4, -0.2) is 41.8 Å². The number of amides is 2. The topological polar surface area (TPSA) is 49.9 Å². The molecule has 30 heavy (non-hydrogen) atoms. The summed E-state index contributed by atoms with van der Waals surface area (Å²) in [6, 6.07) is 13.1. The Kier molecular flexibility index (Phi) is 5.57. The summed E-state index contributed by atoms with van der Waals surface area (Å²) >= 11 is 0. The van der Waals surface area contributed by atoms with Gasteiger partial charge >= 0.3 is 0 Å². The Labute approximate surface area is 175 Å². The molecule has 2 aromatic carbocycles. The summed E-state index contributed by atoms with van der Waals surface area (Å²) in [5.41, 5.74) is 2.09. The molecule has 2 aliphatic heterocycles. The van der Waals surface area contributed by atoms with Gasteiger partial charge in [0.25, 0.3) is 11.8 Å². The number of para-hydroxylation sites is 1. The fourth-order valence-electron chi connectivity index (χ4n) is 4.11. The minimum absolute atomic E-state index is 0.125. The number of carbonyl (C=O) groups excluding carboxylic acids is 2. The Morgan fingerprint density at radius 1 is 1.00 bits per heavy atom. The molecule has 0 unspecified atom stereocenters. The molecule has 6 heteroatoms. The van der Waals surface area contributed by atoms with Crippen molar-refractivity contribution in [2.75, 3.05) is 20.2 Å². The van der Waals surface area contributed by atoms with E-state index in [9.17, 15) is 14.0 Å². The van der Waals surface area contributed by atoms with Gasteiger partial charge < -0.3 is 9.64 Å². The van der Waals surface area contributed by atoms with Crippen molar-refractivity contribution in [2.24, 2.45) is 5.92 Å². The molecule has 0 spiro atoms. The summed E-state index contributed by atoms with van der Waals surface area (Å²) in [5.74, 6) is 0.177. The zero-order chi connectivity index (χ0) is 21.3. The van der Waals surface area contributed by atoms with E-state index in [-0.39, 0.29) is 24.2 Å². The summed E-state index contributed by atoms with van der Waals surface area (Å²) in [4.78, 5) is 30.1. The van der Waals surface area contributed by atoms with E-state index < -0.39 is 0 Å². The highest BCUT2D eigenvalue weighted by molar-refractivity contribution is 6.35. The second-order valence-electron chi connectivity index (χ2n) is 7.91. The van der Waals surface area contributed by atoms with Crippen LogP contribution >= 0.6 is 0 Å². The highest BCUT2D eigenvalue weighted by atomic mass is 19.1. The summed E-state index contributed by atoms with van der Waals surface area (Å²) < 4.78 is 18.9. The number of halogens is 1. The molecule has 2 aliphatic rings. The van der Waals surface area contributed by atoms with E-state index >= 15 is 0 Å². The molecule has 1 saturated heterocycles. The van der Waals surface area contributed by atoms with Crippen LogP contribution in [0, 0.1) is 11.7 Å². The molecule has 0 bridgehead atoms. The van der Waals surface area contributed by atoms with Gasteiger partial charge in [0, 0.05) is 18.7 Å². The van der Waals surface area contributed by atoms with E-state index in [1.54, 1.807) is 19.2 Å². The molecule has 5 nitrogen and oxygen atoms in total. The van der Waals surface area contributed by atoms with Gasteiger partial charge in [0.05, 0.1) is 19.2 Å². The van der Waals surface area contributed by atoms with Gasteiger partial charge in [-0.25, -0.2) is 4.39 Å². The number of imide groups is 1. The predicted octanol–water partition coefficient (Wildman–Crippen LogP) is 3.85. The van der Waals surface area contributed by atoms with Crippen LogP contribution in [0.4, 0.5) is 4.39 Å². The Balaban J connectivity index is 1.73. The first-order chi connectivity index (χ1) is 14.5. The molecule has 0 saturated carbocycles. The lowest BCUT2D eigenvalue weighted by atomic mass is 9.97. The predicted molar refractivity (Wildman–Crippen MR) is 112 cm³/mol. The number of hydrogen-bond donors (Lipinski definition) is 0. The fraction of sp³-hybridized carbons (Fsp3) is 0.333. The Morgan fingerprint density at radius 2 is 1.67 bits per heavy atom. The lowest BCUT2D eigenvalue weighted by molar-refractivity contribution is -0.138. The highest BCUT2D eigenvalue weighted by Crippen LogP contribution is 2.35. The van der Waals surface area contributed by atoms with Gasteiger partial charge in [0.2, 0.25) is 0 Å². The number of hydrogen-bond acceptors (Lipinski definition) is 4. The Hall–Kier alpha value is -3.15. The highest BCUT2D eigenvalue weighted by Gasteiger charge is 2.42. The lowest BCUT2D eigenvalue weighted by Crippen LogP contribution is -2.38. The summed E-state index contributed by atoms with van der Waals surface area (Å²) in [7, 11) is 1.56. The van der Waals surface area contributed by atoms with E-state index in [1.807, 2.05) is 29.2 Å². The molecule has 0 aromatic heterocycles. The van der Waals surface area contributed by atoms with Gasteiger partial charge in [-0.3, -0.25) is 14.5 Å². The van der Waals surface area contributed by atoms with Crippen molar-refractivity contribution in [2.45, 2.75) is 26.3 Å². The number of carbonyl (C=O) groups is 2. The molecule has 2 amide bonds. The van der Waals surface area contributed by atoms with E-state index in [1.165, 1.54) is 17.0 Å². The fourth-order valence-corrected chi connectivity index (χ4v) is 4.11. The van der Waals surface area contributed by atoms with Crippen LogP contribution in [0.15, 0.2) is 54.2 Å². The van der Waals surface area contributed by atoms with Crippen molar-refractivity contribution in [3.63, 3.8) is 0 Å². The smallest absolute Gasteiger partial charge is 0.278 e. The molecule has 4 rings (SSSR count). The maximum atomic E-state index is 13.5. The molecule has 2 heterocycles. The first kappa shape index (κ1) is 20.1. The zero-order valence-electron chi connectivity index (χ0n) is 17.2. The zero-order valence-corrected chi connectivity index (χ0v) is 17.2. The maximum Gasteiger partial charge on any atom is 0.278 e. The third-order valence-electron chi connectivity index (χ3n) is 5.90. The number of rotatable bonds is 5. The number of benzene rings is 2. The van der Waals surface area contributed by atoms with Crippen LogP contribution < -0.4 is 4.74 Å². The summed E-state index contributed by atoms with van der Waals surface area (Å²) in [6.07, 6.45) is 1.93. The summed E-state index contributed by atoms with van der Waals surface area (Å²) in [6.45, 7) is 3.77. The lowest BCUT2D eigenvalue weighted by Gasteiger charge is -2.32. The Bertz CT molecular complexity index is 992. The van der Waals surface area contributed by atoms with E-state index in [2.05, 4.69) is 6.92 Å². The minimum Gasteiger partial charge on any atom is -0.496 e. The van der Waals surface area contributed by atoms with Crippen molar-refractivity contribution >= 4 is 17.4 Å². The number of methoxy groups -OCH3 is 1. The molecule has 156 valence electrons. The summed E-state index contributed by atoms with van der Waals surface area (Å²) in [5, 5.41) is 0. The van der Waals surface area contributed by atoms with Crippen LogP contribution in [0.3, 0.4) is 0 Å². The van der Waals surface area contributed by atoms with Crippen LogP contribution in [0.5, 0.6) is 5.75 Å². The van der Waals surface area contributed by atoms with Gasteiger partial charge in [-0.15, -0.1) is 0 Å². The molecule has 2 aromatic rings. The SMILES string of the molecule is COc1ccccc1CN1C(=O)C(c2ccc(F)cc2)=C(N2CCC(C)CC2)C1=O. The molecule has 0 atom stereocenters. The van der Waals surface area contributed by atoms with Gasteiger partial charge in [-0.1, -0.05) is 37.3 Å². The van der Waals surface area contributed by atoms with E-state index in [0.29, 0.717) is 28.5 Å². The van der Waals surface area contributed by atoms with Crippen molar-refractivity contribution in [1.29, 1.82) is 0 Å². The standard InChI is InChI=1S/C24H25FN2O3/c1-16-11-13-26(14-12-16)22-21(17-7-9-19(25)10-8-17)23(28)27(24(22)29)15-18-5-3-4-6-20(18)30-2/h3-10,16H,11-15H2,1-2H3. The number of likely N-dealkylation sites (tertiary alicyclic amines) is 1. The van der Waals surface area contributed by atoms with Crippen molar-refractivity contribution in [1.82, 2.24) is 9.80 Å². The first-order valence-electron chi connectivity index (χ1n) is 10.2. The molecule has 1 fully saturated rings. The monoisotopic (exact) mass is 408 g/mol. The molecular weight excluding hydrogens is 383 g/mol.